The molecule has 1 rings (SSSR count). The Kier molecular flexibility index (Phi) is 3.97. The molecule has 1 atom stereocenters. The van der Waals surface area contributed by atoms with Gasteiger partial charge in [0.2, 0.25) is 0 Å². The van der Waals surface area contributed by atoms with E-state index in [0.29, 0.717) is 5.41 Å². The molecule has 14 heavy (non-hydrogen) atoms. The van der Waals surface area contributed by atoms with Crippen molar-refractivity contribution in [2.75, 3.05) is 0 Å². The highest BCUT2D eigenvalue weighted by molar-refractivity contribution is 5.11. The topological polar surface area (TPSA) is 0 Å². The monoisotopic (exact) mass is 192 g/mol. The molecule has 0 saturated carbocycles. The second kappa shape index (κ2) is 4.82. The molecule has 0 aromatic carbocycles. The third-order valence-electron chi connectivity index (χ3n) is 3.35. The quantitative estimate of drug-likeness (QED) is 0.555. The van der Waals surface area contributed by atoms with E-state index in [1.807, 2.05) is 0 Å². The molecule has 0 bridgehead atoms. The summed E-state index contributed by atoms with van der Waals surface area (Å²) in [4.78, 5) is 0. The van der Waals surface area contributed by atoms with Gasteiger partial charge in [0.15, 0.2) is 0 Å². The molecule has 0 heterocycles. The Hall–Kier alpha value is -0.520. The van der Waals surface area contributed by atoms with Crippen molar-refractivity contribution < 1.29 is 0 Å². The van der Waals surface area contributed by atoms with Crippen LogP contribution in [0.2, 0.25) is 0 Å². The Morgan fingerprint density at radius 1 is 1.43 bits per heavy atom. The summed E-state index contributed by atoms with van der Waals surface area (Å²) in [7, 11) is 0. The van der Waals surface area contributed by atoms with Gasteiger partial charge in [0.1, 0.15) is 0 Å². The maximum Gasteiger partial charge on any atom is -0.0139 e. The first-order chi connectivity index (χ1) is 6.54. The molecule has 0 aromatic heterocycles. The molecule has 0 heteroatoms. The molecule has 0 spiro atoms. The molecule has 0 N–H and O–H groups in total. The highest BCUT2D eigenvalue weighted by Crippen LogP contribution is 2.37. The predicted octanol–water partition coefficient (Wildman–Crippen LogP) is 4.73. The van der Waals surface area contributed by atoms with Gasteiger partial charge in [-0.1, -0.05) is 44.6 Å². The Labute approximate surface area is 89.1 Å². The van der Waals surface area contributed by atoms with Crippen molar-refractivity contribution in [1.29, 1.82) is 0 Å². The third kappa shape index (κ3) is 3.32. The van der Waals surface area contributed by atoms with Gasteiger partial charge < -0.3 is 0 Å². The number of hydrogen-bond donors (Lipinski definition) is 0. The molecule has 0 fully saturated rings. The maximum atomic E-state index is 2.47. The Morgan fingerprint density at radius 2 is 2.14 bits per heavy atom. The van der Waals surface area contributed by atoms with Crippen molar-refractivity contribution in [1.82, 2.24) is 0 Å². The van der Waals surface area contributed by atoms with Gasteiger partial charge in [-0.2, -0.15) is 0 Å². The summed E-state index contributed by atoms with van der Waals surface area (Å²) in [6.07, 6.45) is 12.0. The maximum absolute atomic E-state index is 2.47. The smallest absolute Gasteiger partial charge is 0.0139 e. The van der Waals surface area contributed by atoms with Crippen molar-refractivity contribution in [3.05, 3.63) is 23.8 Å². The largest absolute Gasteiger partial charge is 0.0913 e. The first-order valence-electron chi connectivity index (χ1n) is 5.83. The van der Waals surface area contributed by atoms with Gasteiger partial charge in [-0.25, -0.2) is 0 Å². The third-order valence-corrected chi connectivity index (χ3v) is 3.35. The summed E-state index contributed by atoms with van der Waals surface area (Å²) < 4.78 is 0. The van der Waals surface area contributed by atoms with Crippen LogP contribution in [0.3, 0.4) is 0 Å². The molecule has 0 saturated heterocycles. The minimum Gasteiger partial charge on any atom is -0.0913 e. The van der Waals surface area contributed by atoms with Crippen molar-refractivity contribution in [3.63, 3.8) is 0 Å². The van der Waals surface area contributed by atoms with E-state index in [9.17, 15) is 0 Å². The zero-order valence-electron chi connectivity index (χ0n) is 10.1. The van der Waals surface area contributed by atoms with Gasteiger partial charge >= 0.3 is 0 Å². The van der Waals surface area contributed by atoms with Crippen LogP contribution in [-0.2, 0) is 0 Å². The van der Waals surface area contributed by atoms with E-state index in [1.54, 1.807) is 5.57 Å². The van der Waals surface area contributed by atoms with Crippen molar-refractivity contribution in [2.24, 2.45) is 11.3 Å². The zero-order chi connectivity index (χ0) is 10.6. The van der Waals surface area contributed by atoms with E-state index in [2.05, 4.69) is 45.9 Å². The Bertz CT molecular complexity index is 225. The van der Waals surface area contributed by atoms with E-state index in [1.165, 1.54) is 25.7 Å². The highest BCUT2D eigenvalue weighted by atomic mass is 14.3. The normalized spacial score (nSPS) is 24.0. The first kappa shape index (κ1) is 11.6. The van der Waals surface area contributed by atoms with Crippen LogP contribution in [-0.4, -0.2) is 0 Å². The van der Waals surface area contributed by atoms with Crippen LogP contribution in [0.4, 0.5) is 0 Å². The minimum atomic E-state index is 0.489. The molecule has 1 aliphatic rings. The molecule has 0 aromatic rings. The van der Waals surface area contributed by atoms with Gasteiger partial charge in [0, 0.05) is 0 Å². The first-order valence-corrected chi connectivity index (χ1v) is 5.83. The van der Waals surface area contributed by atoms with Crippen LogP contribution in [0.25, 0.3) is 0 Å². The van der Waals surface area contributed by atoms with E-state index in [-0.39, 0.29) is 0 Å². The Balaban J connectivity index is 2.47. The van der Waals surface area contributed by atoms with Crippen molar-refractivity contribution in [3.8, 4) is 0 Å². The minimum absolute atomic E-state index is 0.489. The lowest BCUT2D eigenvalue weighted by Crippen LogP contribution is -2.22. The SMILES string of the molecule is C/C=C/CC1=CCC(C(C)(C)C)CC1. The number of hydrogen-bond acceptors (Lipinski definition) is 0. The number of allylic oxidation sites excluding steroid dienone is 4. The van der Waals surface area contributed by atoms with Crippen molar-refractivity contribution >= 4 is 0 Å². The fourth-order valence-corrected chi connectivity index (χ4v) is 2.13. The second-order valence-corrected chi connectivity index (χ2v) is 5.47. The molecular weight excluding hydrogens is 168 g/mol. The van der Waals surface area contributed by atoms with Crippen LogP contribution in [0, 0.1) is 11.3 Å². The molecule has 0 aliphatic heterocycles. The van der Waals surface area contributed by atoms with Crippen LogP contribution >= 0.6 is 0 Å². The molecule has 0 radical (unpaired) electrons. The fourth-order valence-electron chi connectivity index (χ4n) is 2.13. The van der Waals surface area contributed by atoms with E-state index in [0.717, 1.165) is 5.92 Å². The fraction of sp³-hybridized carbons (Fsp3) is 0.714. The van der Waals surface area contributed by atoms with Crippen LogP contribution in [0.5, 0.6) is 0 Å². The molecule has 0 amide bonds. The molecule has 80 valence electrons. The molecular formula is C14H24. The van der Waals surface area contributed by atoms with Gasteiger partial charge in [-0.05, 0) is 43.9 Å². The lowest BCUT2D eigenvalue weighted by Gasteiger charge is -2.33. The Morgan fingerprint density at radius 3 is 2.57 bits per heavy atom. The van der Waals surface area contributed by atoms with E-state index in [4.69, 9.17) is 0 Å². The van der Waals surface area contributed by atoms with Crippen LogP contribution < -0.4 is 0 Å². The van der Waals surface area contributed by atoms with E-state index < -0.39 is 0 Å². The van der Waals surface area contributed by atoms with Gasteiger partial charge in [-0.3, -0.25) is 0 Å². The van der Waals surface area contributed by atoms with Crippen LogP contribution in [0.15, 0.2) is 23.8 Å². The van der Waals surface area contributed by atoms with Gasteiger partial charge in [0.25, 0.3) is 0 Å². The average Bonchev–Trinajstić information content (AvgIpc) is 2.14. The standard InChI is InChI=1S/C14H24/c1-5-6-7-12-8-10-13(11-9-12)14(2,3)4/h5-6,8,13H,7,9-11H2,1-4H3/b6-5+. The summed E-state index contributed by atoms with van der Waals surface area (Å²) in [6.45, 7) is 9.19. The summed E-state index contributed by atoms with van der Waals surface area (Å²) in [5.41, 5.74) is 2.13. The lowest BCUT2D eigenvalue weighted by atomic mass is 9.73. The number of rotatable bonds is 2. The summed E-state index contributed by atoms with van der Waals surface area (Å²) in [5.74, 6) is 0.886. The summed E-state index contributed by atoms with van der Waals surface area (Å²) in [5, 5.41) is 0. The van der Waals surface area contributed by atoms with Crippen molar-refractivity contribution in [2.45, 2.75) is 53.4 Å². The molecule has 0 nitrogen and oxygen atoms in total. The van der Waals surface area contributed by atoms with Gasteiger partial charge in [-0.15, -0.1) is 0 Å². The highest BCUT2D eigenvalue weighted by Gasteiger charge is 2.25. The second-order valence-electron chi connectivity index (χ2n) is 5.47. The van der Waals surface area contributed by atoms with Crippen LogP contribution in [0.1, 0.15) is 53.4 Å². The summed E-state index contributed by atoms with van der Waals surface area (Å²) >= 11 is 0. The van der Waals surface area contributed by atoms with E-state index >= 15 is 0 Å². The summed E-state index contributed by atoms with van der Waals surface area (Å²) in [6, 6.07) is 0. The zero-order valence-corrected chi connectivity index (χ0v) is 10.1. The molecule has 1 aliphatic carbocycles. The molecule has 1 unspecified atom stereocenters. The van der Waals surface area contributed by atoms with Gasteiger partial charge in [0.05, 0.1) is 0 Å². The lowest BCUT2D eigenvalue weighted by molar-refractivity contribution is 0.220. The predicted molar refractivity (Wildman–Crippen MR) is 64.3 cm³/mol. The average molecular weight is 192 g/mol.